The van der Waals surface area contributed by atoms with Gasteiger partial charge in [-0.15, -0.1) is 0 Å². The van der Waals surface area contributed by atoms with Crippen molar-refractivity contribution in [1.82, 2.24) is 4.90 Å². The monoisotopic (exact) mass is 393 g/mol. The van der Waals surface area contributed by atoms with Gasteiger partial charge in [0.25, 0.3) is 17.5 Å². The molecule has 0 spiro atoms. The van der Waals surface area contributed by atoms with Crippen LogP contribution in [0.25, 0.3) is 5.57 Å². The molecule has 0 radical (unpaired) electrons. The van der Waals surface area contributed by atoms with Crippen molar-refractivity contribution in [3.05, 3.63) is 75.5 Å². The van der Waals surface area contributed by atoms with Crippen LogP contribution in [0.15, 0.2) is 54.2 Å². The van der Waals surface area contributed by atoms with Crippen LogP contribution in [-0.2, 0) is 16.0 Å². The van der Waals surface area contributed by atoms with E-state index in [4.69, 9.17) is 0 Å². The molecule has 7 nitrogen and oxygen atoms in total. The Bertz CT molecular complexity index is 976. The first-order valence-electron chi connectivity index (χ1n) is 9.53. The minimum Gasteiger partial charge on any atom is -0.350 e. The van der Waals surface area contributed by atoms with Gasteiger partial charge in [0.2, 0.25) is 0 Å². The number of nitrogens with one attached hydrogen (secondary N) is 1. The minimum atomic E-state index is -0.501. The first-order chi connectivity index (χ1) is 13.8. The number of non-ortho nitro benzene ring substituents is 1. The number of anilines is 1. The van der Waals surface area contributed by atoms with Crippen LogP contribution >= 0.6 is 0 Å². The number of imide groups is 1. The fraction of sp³-hybridized carbons (Fsp3) is 0.273. The first-order valence-corrected chi connectivity index (χ1v) is 9.53. The van der Waals surface area contributed by atoms with Crippen molar-refractivity contribution >= 4 is 28.8 Å². The van der Waals surface area contributed by atoms with Gasteiger partial charge in [-0.1, -0.05) is 32.9 Å². The van der Waals surface area contributed by atoms with Crippen molar-refractivity contribution in [2.45, 2.75) is 27.2 Å². The third kappa shape index (κ3) is 4.18. The Morgan fingerprint density at radius 3 is 2.14 bits per heavy atom. The van der Waals surface area contributed by atoms with E-state index in [1.165, 1.54) is 29.2 Å². The lowest BCUT2D eigenvalue weighted by molar-refractivity contribution is -0.384. The van der Waals surface area contributed by atoms with E-state index in [1.807, 2.05) is 38.1 Å². The lowest BCUT2D eigenvalue weighted by Gasteiger charge is -2.17. The van der Waals surface area contributed by atoms with Crippen LogP contribution in [0, 0.1) is 16.0 Å². The molecule has 0 saturated heterocycles. The topological polar surface area (TPSA) is 92.6 Å². The normalized spacial score (nSPS) is 14.1. The number of hydrogen-bond acceptors (Lipinski definition) is 5. The molecule has 29 heavy (non-hydrogen) atoms. The van der Waals surface area contributed by atoms with Gasteiger partial charge in [0, 0.05) is 24.4 Å². The van der Waals surface area contributed by atoms with Gasteiger partial charge in [0.1, 0.15) is 5.70 Å². The Hall–Kier alpha value is -3.48. The van der Waals surface area contributed by atoms with E-state index in [-0.39, 0.29) is 22.9 Å². The lowest BCUT2D eigenvalue weighted by Crippen LogP contribution is -2.35. The highest BCUT2D eigenvalue weighted by Gasteiger charge is 2.39. The summed E-state index contributed by atoms with van der Waals surface area (Å²) >= 11 is 0. The molecule has 7 heteroatoms. The van der Waals surface area contributed by atoms with Gasteiger partial charge in [-0.3, -0.25) is 24.6 Å². The van der Waals surface area contributed by atoms with Crippen LogP contribution in [0.4, 0.5) is 11.4 Å². The van der Waals surface area contributed by atoms with E-state index < -0.39 is 16.7 Å². The third-order valence-electron chi connectivity index (χ3n) is 4.71. The van der Waals surface area contributed by atoms with E-state index in [1.54, 1.807) is 0 Å². The maximum atomic E-state index is 13.0. The van der Waals surface area contributed by atoms with Crippen molar-refractivity contribution in [2.75, 3.05) is 11.9 Å². The Labute approximate surface area is 169 Å². The van der Waals surface area contributed by atoms with Gasteiger partial charge in [-0.25, -0.2) is 0 Å². The number of hydrogen-bond donors (Lipinski definition) is 1. The zero-order chi connectivity index (χ0) is 21.1. The highest BCUT2D eigenvalue weighted by atomic mass is 16.6. The van der Waals surface area contributed by atoms with Crippen molar-refractivity contribution in [3.8, 4) is 0 Å². The molecule has 2 aromatic rings. The van der Waals surface area contributed by atoms with Gasteiger partial charge in [-0.2, -0.15) is 0 Å². The van der Waals surface area contributed by atoms with E-state index in [0.29, 0.717) is 17.8 Å². The summed E-state index contributed by atoms with van der Waals surface area (Å²) in [5.41, 5.74) is 2.67. The molecule has 1 heterocycles. The molecule has 0 bridgehead atoms. The fourth-order valence-corrected chi connectivity index (χ4v) is 3.21. The van der Waals surface area contributed by atoms with Crippen molar-refractivity contribution in [2.24, 2.45) is 5.92 Å². The molecule has 3 rings (SSSR count). The van der Waals surface area contributed by atoms with E-state index in [9.17, 15) is 19.7 Å². The van der Waals surface area contributed by atoms with Gasteiger partial charge in [0.15, 0.2) is 0 Å². The maximum absolute atomic E-state index is 13.0. The van der Waals surface area contributed by atoms with Crippen molar-refractivity contribution in [3.63, 3.8) is 0 Å². The second kappa shape index (κ2) is 8.26. The van der Waals surface area contributed by atoms with Gasteiger partial charge in [-0.05, 0) is 47.7 Å². The van der Waals surface area contributed by atoms with Crippen LogP contribution in [0.3, 0.4) is 0 Å². The second-order valence-corrected chi connectivity index (χ2v) is 7.34. The van der Waals surface area contributed by atoms with Crippen LogP contribution in [0.5, 0.6) is 0 Å². The second-order valence-electron chi connectivity index (χ2n) is 7.34. The lowest BCUT2D eigenvalue weighted by atomic mass is 10.0. The predicted molar refractivity (Wildman–Crippen MR) is 111 cm³/mol. The van der Waals surface area contributed by atoms with Gasteiger partial charge in [0.05, 0.1) is 10.5 Å². The molecule has 2 aromatic carbocycles. The van der Waals surface area contributed by atoms with E-state index >= 15 is 0 Å². The quantitative estimate of drug-likeness (QED) is 0.436. The molecule has 0 atom stereocenters. The van der Waals surface area contributed by atoms with Crippen molar-refractivity contribution in [1.29, 1.82) is 0 Å². The molecule has 0 unspecified atom stereocenters. The Balaban J connectivity index is 2.03. The smallest absolute Gasteiger partial charge is 0.278 e. The van der Waals surface area contributed by atoms with Crippen LogP contribution in [0.2, 0.25) is 0 Å². The summed E-state index contributed by atoms with van der Waals surface area (Å²) in [7, 11) is 0. The highest BCUT2D eigenvalue weighted by Crippen LogP contribution is 2.32. The Morgan fingerprint density at radius 1 is 1.00 bits per heavy atom. The number of nitro benzene ring substituents is 1. The first kappa shape index (κ1) is 20.3. The molecular formula is C22H23N3O4. The van der Waals surface area contributed by atoms with Crippen LogP contribution < -0.4 is 5.32 Å². The molecule has 2 amide bonds. The number of aryl methyl sites for hydroxylation is 1. The summed E-state index contributed by atoms with van der Waals surface area (Å²) in [6, 6.07) is 13.3. The standard InChI is InChI=1S/C22H23N3O4/c1-4-15-5-9-17(10-6-15)23-20-19(16-7-11-18(12-8-16)25(28)29)21(26)24(22(20)27)13-14(2)3/h5-12,14,23H,4,13H2,1-3H3. The van der Waals surface area contributed by atoms with E-state index in [0.717, 1.165) is 12.0 Å². The summed E-state index contributed by atoms with van der Waals surface area (Å²) in [5.74, 6) is -0.675. The number of rotatable bonds is 7. The molecule has 1 aliphatic heterocycles. The average Bonchev–Trinajstić information content (AvgIpc) is 2.92. The van der Waals surface area contributed by atoms with Gasteiger partial charge >= 0.3 is 0 Å². The molecule has 0 aromatic heterocycles. The SMILES string of the molecule is CCc1ccc(NC2=C(c3ccc([N+](=O)[O-])cc3)C(=O)N(CC(C)C)C2=O)cc1. The molecule has 1 aliphatic rings. The summed E-state index contributed by atoms with van der Waals surface area (Å²) < 4.78 is 0. The summed E-state index contributed by atoms with van der Waals surface area (Å²) in [6.45, 7) is 6.22. The van der Waals surface area contributed by atoms with Crippen molar-refractivity contribution < 1.29 is 14.5 Å². The zero-order valence-electron chi connectivity index (χ0n) is 16.6. The Morgan fingerprint density at radius 2 is 1.62 bits per heavy atom. The fourth-order valence-electron chi connectivity index (χ4n) is 3.21. The molecule has 0 fully saturated rings. The number of carbonyl (C=O) groups is 2. The Kier molecular flexibility index (Phi) is 5.77. The number of nitrogens with zero attached hydrogens (tertiary/aromatic N) is 2. The van der Waals surface area contributed by atoms with Gasteiger partial charge < -0.3 is 5.32 Å². The number of nitro groups is 1. The zero-order valence-corrected chi connectivity index (χ0v) is 16.6. The molecular weight excluding hydrogens is 370 g/mol. The molecule has 1 N–H and O–H groups in total. The predicted octanol–water partition coefficient (Wildman–Crippen LogP) is 4.01. The number of amides is 2. The van der Waals surface area contributed by atoms with Crippen LogP contribution in [0.1, 0.15) is 31.9 Å². The summed E-state index contributed by atoms with van der Waals surface area (Å²) in [5, 5.41) is 14.0. The minimum absolute atomic E-state index is 0.0742. The maximum Gasteiger partial charge on any atom is 0.278 e. The molecule has 150 valence electrons. The third-order valence-corrected chi connectivity index (χ3v) is 4.71. The molecule has 0 aliphatic carbocycles. The largest absolute Gasteiger partial charge is 0.350 e. The van der Waals surface area contributed by atoms with E-state index in [2.05, 4.69) is 12.2 Å². The highest BCUT2D eigenvalue weighted by molar-refractivity contribution is 6.36. The van der Waals surface area contributed by atoms with Crippen LogP contribution in [-0.4, -0.2) is 28.2 Å². The number of benzene rings is 2. The summed E-state index contributed by atoms with van der Waals surface area (Å²) in [6.07, 6.45) is 0.899. The summed E-state index contributed by atoms with van der Waals surface area (Å²) in [4.78, 5) is 37.7. The average molecular weight is 393 g/mol. The number of carbonyl (C=O) groups excluding carboxylic acids is 2. The molecule has 0 saturated carbocycles.